The van der Waals surface area contributed by atoms with Crippen LogP contribution in [0, 0.1) is 5.92 Å². The minimum Gasteiger partial charge on any atom is -0.371 e. The number of rotatable bonds is 6. The van der Waals surface area contributed by atoms with Crippen molar-refractivity contribution in [3.63, 3.8) is 0 Å². The number of ether oxygens (including phenoxy) is 1. The Bertz CT molecular complexity index is 303. The molecule has 0 radical (unpaired) electrons. The first kappa shape index (κ1) is 18.2. The zero-order valence-electron chi connectivity index (χ0n) is 13.7. The summed E-state index contributed by atoms with van der Waals surface area (Å²) in [5.74, 6) is 0.728. The van der Waals surface area contributed by atoms with E-state index in [0.29, 0.717) is 6.61 Å². The Balaban J connectivity index is 0.000000982. The first-order valence-corrected chi connectivity index (χ1v) is 7.63. The summed E-state index contributed by atoms with van der Waals surface area (Å²) in [6.07, 6.45) is 3.59. The standard InChI is InChI=1S/C15H24O.C3H8/c1-5-13(2)11-15(3,4)16-12-14-9-7-6-8-10-14;1-3-2/h6-10,13H,5,11-12H2,1-4H3;3H2,1-2H3/t13-;/m0./s1. The number of hydrogen-bond acceptors (Lipinski definition) is 1. The van der Waals surface area contributed by atoms with Crippen LogP contribution in [0.1, 0.15) is 66.4 Å². The predicted molar refractivity (Wildman–Crippen MR) is 85.3 cm³/mol. The molecule has 0 spiro atoms. The van der Waals surface area contributed by atoms with E-state index in [-0.39, 0.29) is 5.60 Å². The summed E-state index contributed by atoms with van der Waals surface area (Å²) in [6, 6.07) is 10.4. The fraction of sp³-hybridized carbons (Fsp3) is 0.667. The Morgan fingerprint density at radius 2 is 1.58 bits per heavy atom. The zero-order valence-corrected chi connectivity index (χ0v) is 13.7. The van der Waals surface area contributed by atoms with Crippen LogP contribution in [-0.4, -0.2) is 5.60 Å². The molecule has 1 nitrogen and oxygen atoms in total. The minimum atomic E-state index is -0.0226. The van der Waals surface area contributed by atoms with Gasteiger partial charge in [-0.1, -0.05) is 70.9 Å². The van der Waals surface area contributed by atoms with Crippen molar-refractivity contribution >= 4 is 0 Å². The molecule has 0 aliphatic heterocycles. The number of hydrogen-bond donors (Lipinski definition) is 0. The molecule has 0 aliphatic rings. The van der Waals surface area contributed by atoms with Gasteiger partial charge in [0.05, 0.1) is 12.2 Å². The Morgan fingerprint density at radius 1 is 1.05 bits per heavy atom. The fourth-order valence-corrected chi connectivity index (χ4v) is 1.90. The minimum absolute atomic E-state index is 0.0226. The van der Waals surface area contributed by atoms with Crippen LogP contribution in [0.25, 0.3) is 0 Å². The van der Waals surface area contributed by atoms with E-state index in [4.69, 9.17) is 4.74 Å². The maximum absolute atomic E-state index is 5.99. The molecule has 0 fully saturated rings. The molecule has 0 amide bonds. The average Bonchev–Trinajstić information content (AvgIpc) is 2.38. The molecule has 0 unspecified atom stereocenters. The number of benzene rings is 1. The highest BCUT2D eigenvalue weighted by Gasteiger charge is 2.20. The van der Waals surface area contributed by atoms with Gasteiger partial charge in [-0.2, -0.15) is 0 Å². The molecule has 110 valence electrons. The van der Waals surface area contributed by atoms with Crippen molar-refractivity contribution in [3.8, 4) is 0 Å². The Labute approximate surface area is 120 Å². The second kappa shape index (κ2) is 10.0. The monoisotopic (exact) mass is 264 g/mol. The van der Waals surface area contributed by atoms with Crippen molar-refractivity contribution in [2.75, 3.05) is 0 Å². The largest absolute Gasteiger partial charge is 0.371 e. The van der Waals surface area contributed by atoms with E-state index in [2.05, 4.69) is 65.8 Å². The zero-order chi connectivity index (χ0) is 14.7. The van der Waals surface area contributed by atoms with Gasteiger partial charge >= 0.3 is 0 Å². The maximum Gasteiger partial charge on any atom is 0.0724 e. The van der Waals surface area contributed by atoms with Crippen molar-refractivity contribution in [2.45, 2.75) is 73.0 Å². The van der Waals surface area contributed by atoms with Crippen LogP contribution < -0.4 is 0 Å². The van der Waals surface area contributed by atoms with Crippen LogP contribution >= 0.6 is 0 Å². The van der Waals surface area contributed by atoms with Crippen LogP contribution in [0.3, 0.4) is 0 Å². The van der Waals surface area contributed by atoms with Crippen LogP contribution in [0.15, 0.2) is 30.3 Å². The normalized spacial score (nSPS) is 12.5. The van der Waals surface area contributed by atoms with Gasteiger partial charge in [-0.15, -0.1) is 0 Å². The smallest absolute Gasteiger partial charge is 0.0724 e. The lowest BCUT2D eigenvalue weighted by atomic mass is 9.93. The summed E-state index contributed by atoms with van der Waals surface area (Å²) in [6.45, 7) is 13.8. The van der Waals surface area contributed by atoms with Gasteiger partial charge in [-0.05, 0) is 31.7 Å². The van der Waals surface area contributed by atoms with Crippen LogP contribution in [0.5, 0.6) is 0 Å². The van der Waals surface area contributed by atoms with E-state index >= 15 is 0 Å². The lowest BCUT2D eigenvalue weighted by Gasteiger charge is -2.28. The van der Waals surface area contributed by atoms with Crippen LogP contribution in [-0.2, 0) is 11.3 Å². The van der Waals surface area contributed by atoms with Gasteiger partial charge in [0.1, 0.15) is 0 Å². The van der Waals surface area contributed by atoms with Crippen molar-refractivity contribution in [2.24, 2.45) is 5.92 Å². The highest BCUT2D eigenvalue weighted by Crippen LogP contribution is 2.23. The van der Waals surface area contributed by atoms with E-state index in [1.165, 1.54) is 18.4 Å². The first-order chi connectivity index (χ1) is 8.95. The molecule has 1 heteroatoms. The quantitative estimate of drug-likeness (QED) is 0.627. The lowest BCUT2D eigenvalue weighted by Crippen LogP contribution is -2.26. The van der Waals surface area contributed by atoms with Crippen molar-refractivity contribution < 1.29 is 4.74 Å². The molecule has 1 atom stereocenters. The van der Waals surface area contributed by atoms with Crippen LogP contribution in [0.4, 0.5) is 0 Å². The molecule has 0 saturated carbocycles. The molecule has 1 aromatic rings. The van der Waals surface area contributed by atoms with Crippen molar-refractivity contribution in [1.29, 1.82) is 0 Å². The highest BCUT2D eigenvalue weighted by molar-refractivity contribution is 5.13. The average molecular weight is 264 g/mol. The SMILES string of the molecule is CCC.CC[C@H](C)CC(C)(C)OCc1ccccc1. The van der Waals surface area contributed by atoms with Gasteiger partial charge in [0.25, 0.3) is 0 Å². The fourth-order valence-electron chi connectivity index (χ4n) is 1.90. The van der Waals surface area contributed by atoms with E-state index in [1.807, 2.05) is 6.07 Å². The van der Waals surface area contributed by atoms with E-state index in [9.17, 15) is 0 Å². The maximum atomic E-state index is 5.99. The second-order valence-corrected chi connectivity index (χ2v) is 5.96. The topological polar surface area (TPSA) is 9.23 Å². The van der Waals surface area contributed by atoms with Gasteiger partial charge in [-0.25, -0.2) is 0 Å². The predicted octanol–water partition coefficient (Wildman–Crippen LogP) is 5.83. The van der Waals surface area contributed by atoms with Crippen molar-refractivity contribution in [3.05, 3.63) is 35.9 Å². The third-order valence-corrected chi connectivity index (χ3v) is 3.01. The van der Waals surface area contributed by atoms with E-state index < -0.39 is 0 Å². The van der Waals surface area contributed by atoms with E-state index in [1.54, 1.807) is 0 Å². The van der Waals surface area contributed by atoms with Gasteiger partial charge < -0.3 is 4.74 Å². The molecule has 0 heterocycles. The van der Waals surface area contributed by atoms with E-state index in [0.717, 1.165) is 12.3 Å². The van der Waals surface area contributed by atoms with Crippen LogP contribution in [0.2, 0.25) is 0 Å². The summed E-state index contributed by atoms with van der Waals surface area (Å²) in [5, 5.41) is 0. The molecular formula is C18H32O. The molecule has 1 aromatic carbocycles. The molecule has 19 heavy (non-hydrogen) atoms. The third kappa shape index (κ3) is 9.72. The van der Waals surface area contributed by atoms with Gasteiger partial charge in [-0.3, -0.25) is 0 Å². The summed E-state index contributed by atoms with van der Waals surface area (Å²) in [4.78, 5) is 0. The first-order valence-electron chi connectivity index (χ1n) is 7.63. The van der Waals surface area contributed by atoms with Gasteiger partial charge in [0.2, 0.25) is 0 Å². The summed E-state index contributed by atoms with van der Waals surface area (Å²) in [7, 11) is 0. The summed E-state index contributed by atoms with van der Waals surface area (Å²) in [5.41, 5.74) is 1.23. The molecule has 0 N–H and O–H groups in total. The lowest BCUT2D eigenvalue weighted by molar-refractivity contribution is -0.0440. The van der Waals surface area contributed by atoms with Gasteiger partial charge in [0, 0.05) is 0 Å². The molecule has 0 aromatic heterocycles. The van der Waals surface area contributed by atoms with Gasteiger partial charge in [0.15, 0.2) is 0 Å². The Kier molecular flexibility index (Phi) is 9.59. The second-order valence-electron chi connectivity index (χ2n) is 5.96. The molecular weight excluding hydrogens is 232 g/mol. The highest BCUT2D eigenvalue weighted by atomic mass is 16.5. The Morgan fingerprint density at radius 3 is 2.05 bits per heavy atom. The van der Waals surface area contributed by atoms with Crippen molar-refractivity contribution in [1.82, 2.24) is 0 Å². The third-order valence-electron chi connectivity index (χ3n) is 3.01. The molecule has 1 rings (SSSR count). The summed E-state index contributed by atoms with van der Waals surface area (Å²) >= 11 is 0. The summed E-state index contributed by atoms with van der Waals surface area (Å²) < 4.78 is 5.99. The Hall–Kier alpha value is -0.820. The molecule has 0 aliphatic carbocycles. The molecule has 0 saturated heterocycles. The molecule has 0 bridgehead atoms.